The molecule has 2 aromatic carbocycles. The summed E-state index contributed by atoms with van der Waals surface area (Å²) >= 11 is 1.00. The van der Waals surface area contributed by atoms with Crippen molar-refractivity contribution in [2.24, 2.45) is 0 Å². The maximum absolute atomic E-state index is 13.7. The van der Waals surface area contributed by atoms with Crippen LogP contribution in [0, 0.1) is 11.6 Å². The van der Waals surface area contributed by atoms with Crippen LogP contribution in [0.3, 0.4) is 0 Å². The van der Waals surface area contributed by atoms with Crippen LogP contribution in [0.4, 0.5) is 20.2 Å². The molecule has 1 aliphatic rings. The molecule has 2 amide bonds. The largest absolute Gasteiger partial charge is 0.324 e. The number of hydrogen-bond donors (Lipinski definition) is 1. The molecule has 7 heteroatoms. The first-order valence-electron chi connectivity index (χ1n) is 7.74. The predicted octanol–water partition coefficient (Wildman–Crippen LogP) is 3.82. The maximum Gasteiger partial charge on any atom is 0.237 e. The third-order valence-electron chi connectivity index (χ3n) is 3.87. The minimum absolute atomic E-state index is 0.0184. The van der Waals surface area contributed by atoms with Crippen LogP contribution in [0.5, 0.6) is 0 Å². The van der Waals surface area contributed by atoms with Gasteiger partial charge in [0.1, 0.15) is 11.6 Å². The Bertz CT molecular complexity index is 828. The number of anilines is 2. The highest BCUT2D eigenvalue weighted by molar-refractivity contribution is 8.00. The molecule has 0 fully saturated rings. The second kappa shape index (κ2) is 7.23. The second-order valence-electron chi connectivity index (χ2n) is 5.75. The predicted molar refractivity (Wildman–Crippen MR) is 93.7 cm³/mol. The van der Waals surface area contributed by atoms with E-state index in [1.807, 2.05) is 0 Å². The van der Waals surface area contributed by atoms with E-state index in [0.717, 1.165) is 23.9 Å². The summed E-state index contributed by atoms with van der Waals surface area (Å²) in [5.41, 5.74) is 1.19. The van der Waals surface area contributed by atoms with Crippen LogP contribution in [0.2, 0.25) is 0 Å². The number of benzene rings is 2. The molecule has 130 valence electrons. The van der Waals surface area contributed by atoms with Crippen LogP contribution in [0.25, 0.3) is 0 Å². The van der Waals surface area contributed by atoms with Gasteiger partial charge in [-0.25, -0.2) is 8.78 Å². The third-order valence-corrected chi connectivity index (χ3v) is 4.91. The van der Waals surface area contributed by atoms with Gasteiger partial charge in [0.2, 0.25) is 11.8 Å². The molecule has 0 saturated carbocycles. The van der Waals surface area contributed by atoms with Crippen molar-refractivity contribution in [3.63, 3.8) is 0 Å². The summed E-state index contributed by atoms with van der Waals surface area (Å²) < 4.78 is 26.7. The lowest BCUT2D eigenvalue weighted by molar-refractivity contribution is -0.117. The van der Waals surface area contributed by atoms with Gasteiger partial charge in [0.15, 0.2) is 0 Å². The van der Waals surface area contributed by atoms with E-state index < -0.39 is 11.6 Å². The molecular weight excluding hydrogens is 346 g/mol. The molecule has 0 saturated heterocycles. The Hall–Kier alpha value is -2.41. The Morgan fingerprint density at radius 2 is 2.04 bits per heavy atom. The zero-order valence-corrected chi connectivity index (χ0v) is 14.3. The number of rotatable bonds is 3. The van der Waals surface area contributed by atoms with Crippen molar-refractivity contribution in [1.29, 1.82) is 0 Å². The van der Waals surface area contributed by atoms with Crippen molar-refractivity contribution in [1.82, 2.24) is 0 Å². The zero-order valence-electron chi connectivity index (χ0n) is 13.5. The fourth-order valence-electron chi connectivity index (χ4n) is 2.77. The molecule has 0 aromatic heterocycles. The van der Waals surface area contributed by atoms with Gasteiger partial charge in [-0.2, -0.15) is 0 Å². The van der Waals surface area contributed by atoms with Gasteiger partial charge in [0.05, 0.1) is 17.1 Å². The van der Waals surface area contributed by atoms with Gasteiger partial charge in [-0.05, 0) is 31.2 Å². The van der Waals surface area contributed by atoms with Gasteiger partial charge in [-0.3, -0.25) is 9.59 Å². The number of thioether (sulfide) groups is 1. The van der Waals surface area contributed by atoms with Crippen LogP contribution in [-0.2, 0) is 9.59 Å². The average molecular weight is 362 g/mol. The number of hydrogen-bond acceptors (Lipinski definition) is 3. The molecule has 25 heavy (non-hydrogen) atoms. The number of fused-ring (bicyclic) bond motifs is 1. The van der Waals surface area contributed by atoms with Gasteiger partial charge < -0.3 is 10.2 Å². The standard InChI is InChI=1S/C18H16F2N2O2S/c1-11-8-17(23)21-14-4-2-3-5-15(14)22(11)18(24)10-25-16-7-6-12(19)9-13(16)20/h2-7,9,11H,8,10H2,1H3,(H,21,23)/t11-/m1/s1. The normalized spacial score (nSPS) is 16.8. The van der Waals surface area contributed by atoms with Crippen molar-refractivity contribution < 1.29 is 18.4 Å². The average Bonchev–Trinajstić information content (AvgIpc) is 2.68. The molecule has 1 aliphatic heterocycles. The number of carbonyl (C=O) groups excluding carboxylic acids is 2. The lowest BCUT2D eigenvalue weighted by Gasteiger charge is -2.27. The highest BCUT2D eigenvalue weighted by Gasteiger charge is 2.29. The van der Waals surface area contributed by atoms with Gasteiger partial charge in [-0.1, -0.05) is 12.1 Å². The molecular formula is C18H16F2N2O2S. The van der Waals surface area contributed by atoms with E-state index in [1.165, 1.54) is 6.07 Å². The van der Waals surface area contributed by atoms with Gasteiger partial charge >= 0.3 is 0 Å². The minimum atomic E-state index is -0.695. The summed E-state index contributed by atoms with van der Waals surface area (Å²) in [7, 11) is 0. The number of nitrogens with zero attached hydrogens (tertiary/aromatic N) is 1. The molecule has 2 aromatic rings. The van der Waals surface area contributed by atoms with E-state index in [4.69, 9.17) is 0 Å². The van der Waals surface area contributed by atoms with Gasteiger partial charge in [-0.15, -0.1) is 11.8 Å². The summed E-state index contributed by atoms with van der Waals surface area (Å²) in [5, 5.41) is 2.79. The van der Waals surface area contributed by atoms with E-state index in [2.05, 4.69) is 5.32 Å². The maximum atomic E-state index is 13.7. The zero-order chi connectivity index (χ0) is 18.0. The summed E-state index contributed by atoms with van der Waals surface area (Å²) in [4.78, 5) is 26.5. The molecule has 0 radical (unpaired) electrons. The van der Waals surface area contributed by atoms with E-state index in [0.29, 0.717) is 11.4 Å². The Morgan fingerprint density at radius 3 is 2.80 bits per heavy atom. The van der Waals surface area contributed by atoms with Gasteiger partial charge in [0, 0.05) is 23.4 Å². The topological polar surface area (TPSA) is 49.4 Å². The van der Waals surface area contributed by atoms with Crippen molar-refractivity contribution >= 4 is 35.0 Å². The third kappa shape index (κ3) is 3.82. The first-order chi connectivity index (χ1) is 12.0. The Kier molecular flexibility index (Phi) is 5.03. The summed E-state index contributed by atoms with van der Waals surface area (Å²) in [6, 6.07) is 10.00. The molecule has 0 bridgehead atoms. The van der Waals surface area contributed by atoms with E-state index >= 15 is 0 Å². The molecule has 0 aliphatic carbocycles. The summed E-state index contributed by atoms with van der Waals surface area (Å²) in [6.45, 7) is 1.79. The Balaban J connectivity index is 1.81. The van der Waals surface area contributed by atoms with Crippen LogP contribution < -0.4 is 10.2 Å². The van der Waals surface area contributed by atoms with E-state index in [-0.39, 0.29) is 34.9 Å². The van der Waals surface area contributed by atoms with Crippen LogP contribution in [0.1, 0.15) is 13.3 Å². The highest BCUT2D eigenvalue weighted by atomic mass is 32.2. The minimum Gasteiger partial charge on any atom is -0.324 e. The van der Waals surface area contributed by atoms with Crippen LogP contribution >= 0.6 is 11.8 Å². The lowest BCUT2D eigenvalue weighted by Crippen LogP contribution is -2.40. The fraction of sp³-hybridized carbons (Fsp3) is 0.222. The molecule has 1 heterocycles. The Labute approximate surface area is 148 Å². The van der Waals surface area contributed by atoms with Crippen molar-refractivity contribution in [2.75, 3.05) is 16.0 Å². The smallest absolute Gasteiger partial charge is 0.237 e. The molecule has 3 rings (SSSR count). The van der Waals surface area contributed by atoms with Crippen molar-refractivity contribution in [2.45, 2.75) is 24.3 Å². The molecule has 1 N–H and O–H groups in total. The number of para-hydroxylation sites is 2. The number of nitrogens with one attached hydrogen (secondary N) is 1. The molecule has 0 unspecified atom stereocenters. The van der Waals surface area contributed by atoms with Crippen LogP contribution in [0.15, 0.2) is 47.4 Å². The summed E-state index contributed by atoms with van der Waals surface area (Å²) in [6.07, 6.45) is 0.177. The quantitative estimate of drug-likeness (QED) is 0.845. The van der Waals surface area contributed by atoms with E-state index in [9.17, 15) is 18.4 Å². The monoisotopic (exact) mass is 362 g/mol. The van der Waals surface area contributed by atoms with E-state index in [1.54, 1.807) is 36.1 Å². The molecule has 0 spiro atoms. The summed E-state index contributed by atoms with van der Waals surface area (Å²) in [5.74, 6) is -1.78. The van der Waals surface area contributed by atoms with Crippen LogP contribution in [-0.4, -0.2) is 23.6 Å². The second-order valence-corrected chi connectivity index (χ2v) is 6.76. The first-order valence-corrected chi connectivity index (χ1v) is 8.73. The highest BCUT2D eigenvalue weighted by Crippen LogP contribution is 2.32. The SMILES string of the molecule is C[C@@H]1CC(=O)Nc2ccccc2N1C(=O)CSc1ccc(F)cc1F. The lowest BCUT2D eigenvalue weighted by atomic mass is 10.2. The fourth-order valence-corrected chi connectivity index (χ4v) is 3.55. The Morgan fingerprint density at radius 1 is 1.28 bits per heavy atom. The number of carbonyl (C=O) groups is 2. The molecule has 1 atom stereocenters. The first kappa shape index (κ1) is 17.4. The van der Waals surface area contributed by atoms with Crippen molar-refractivity contribution in [3.8, 4) is 0 Å². The van der Waals surface area contributed by atoms with Gasteiger partial charge in [0.25, 0.3) is 0 Å². The number of amides is 2. The van der Waals surface area contributed by atoms with Crippen molar-refractivity contribution in [3.05, 3.63) is 54.1 Å². The number of halogens is 2. The molecule has 4 nitrogen and oxygen atoms in total.